The first-order chi connectivity index (χ1) is 13.5. The normalized spacial score (nSPS) is 15.1. The predicted molar refractivity (Wildman–Crippen MR) is 111 cm³/mol. The van der Waals surface area contributed by atoms with Crippen molar-refractivity contribution in [2.45, 2.75) is 20.5 Å². The van der Waals surface area contributed by atoms with E-state index in [2.05, 4.69) is 47.4 Å². The summed E-state index contributed by atoms with van der Waals surface area (Å²) in [5, 5.41) is 10.4. The first-order valence-corrected chi connectivity index (χ1v) is 10.5. The fourth-order valence-electron chi connectivity index (χ4n) is 3.44. The zero-order chi connectivity index (χ0) is 19.7. The van der Waals surface area contributed by atoms with Crippen LogP contribution in [-0.4, -0.2) is 61.7 Å². The molecule has 0 bridgehead atoms. The zero-order valence-corrected chi connectivity index (χ0v) is 17.5. The van der Waals surface area contributed by atoms with E-state index in [-0.39, 0.29) is 5.91 Å². The van der Waals surface area contributed by atoms with Crippen molar-refractivity contribution in [3.05, 3.63) is 56.5 Å². The number of amides is 1. The van der Waals surface area contributed by atoms with Crippen molar-refractivity contribution < 1.29 is 4.79 Å². The van der Waals surface area contributed by atoms with Crippen LogP contribution in [0.4, 0.5) is 0 Å². The SMILES string of the molecule is Cc1cc(C)cc(-n2nnn(CN3CCN(C(=O)c4cccs4)CC3)c2=S)c1. The molecule has 28 heavy (non-hydrogen) atoms. The molecule has 0 unspecified atom stereocenters. The second-order valence-corrected chi connectivity index (χ2v) is 8.36. The van der Waals surface area contributed by atoms with Gasteiger partial charge in [-0.05, 0) is 71.2 Å². The summed E-state index contributed by atoms with van der Waals surface area (Å²) in [4.78, 5) is 17.4. The highest BCUT2D eigenvalue weighted by atomic mass is 32.1. The Morgan fingerprint density at radius 3 is 2.46 bits per heavy atom. The summed E-state index contributed by atoms with van der Waals surface area (Å²) < 4.78 is 4.01. The van der Waals surface area contributed by atoms with Crippen LogP contribution in [0.1, 0.15) is 20.8 Å². The van der Waals surface area contributed by atoms with Crippen LogP contribution in [0.3, 0.4) is 0 Å². The van der Waals surface area contributed by atoms with Gasteiger partial charge in [-0.25, -0.2) is 4.68 Å². The van der Waals surface area contributed by atoms with Crippen LogP contribution in [0.2, 0.25) is 0 Å². The van der Waals surface area contributed by atoms with E-state index >= 15 is 0 Å². The number of hydrogen-bond donors (Lipinski definition) is 0. The lowest BCUT2D eigenvalue weighted by atomic mass is 10.1. The van der Waals surface area contributed by atoms with E-state index in [1.165, 1.54) is 11.3 Å². The molecule has 1 fully saturated rings. The van der Waals surface area contributed by atoms with Gasteiger partial charge in [0.25, 0.3) is 5.91 Å². The average molecular weight is 415 g/mol. The number of rotatable bonds is 4. The van der Waals surface area contributed by atoms with Crippen molar-refractivity contribution in [3.63, 3.8) is 0 Å². The Balaban J connectivity index is 1.41. The number of tetrazole rings is 1. The molecule has 4 rings (SSSR count). The maximum Gasteiger partial charge on any atom is 0.264 e. The van der Waals surface area contributed by atoms with Gasteiger partial charge in [-0.1, -0.05) is 12.1 Å². The van der Waals surface area contributed by atoms with Crippen LogP contribution < -0.4 is 0 Å². The first-order valence-electron chi connectivity index (χ1n) is 9.18. The van der Waals surface area contributed by atoms with Crippen LogP contribution in [0.15, 0.2) is 35.7 Å². The van der Waals surface area contributed by atoms with Gasteiger partial charge in [0, 0.05) is 26.2 Å². The van der Waals surface area contributed by atoms with E-state index in [0.29, 0.717) is 24.5 Å². The number of benzene rings is 1. The van der Waals surface area contributed by atoms with Crippen molar-refractivity contribution in [2.24, 2.45) is 0 Å². The molecule has 7 nitrogen and oxygen atoms in total. The van der Waals surface area contributed by atoms with E-state index in [1.54, 1.807) is 9.36 Å². The number of aromatic nitrogens is 4. The summed E-state index contributed by atoms with van der Waals surface area (Å²) in [5.74, 6) is 0.118. The molecule has 3 aromatic rings. The third kappa shape index (κ3) is 3.91. The predicted octanol–water partition coefficient (Wildman–Crippen LogP) is 2.89. The zero-order valence-electron chi connectivity index (χ0n) is 15.9. The van der Waals surface area contributed by atoms with Gasteiger partial charge in [0.1, 0.15) is 0 Å². The van der Waals surface area contributed by atoms with Gasteiger partial charge in [-0.2, -0.15) is 4.68 Å². The summed E-state index contributed by atoms with van der Waals surface area (Å²) in [6.45, 7) is 7.67. The highest BCUT2D eigenvalue weighted by Gasteiger charge is 2.23. The molecule has 1 amide bonds. The maximum absolute atomic E-state index is 12.5. The lowest BCUT2D eigenvalue weighted by Gasteiger charge is -2.34. The Morgan fingerprint density at radius 2 is 1.82 bits per heavy atom. The molecule has 1 aliphatic rings. The second-order valence-electron chi connectivity index (χ2n) is 7.05. The molecule has 1 saturated heterocycles. The summed E-state index contributed by atoms with van der Waals surface area (Å²) in [6, 6.07) is 10.0. The molecule has 0 aliphatic carbocycles. The van der Waals surface area contributed by atoms with E-state index in [1.807, 2.05) is 22.4 Å². The summed E-state index contributed by atoms with van der Waals surface area (Å²) in [7, 11) is 0. The van der Waals surface area contributed by atoms with E-state index in [4.69, 9.17) is 12.2 Å². The van der Waals surface area contributed by atoms with Gasteiger partial charge in [-0.15, -0.1) is 11.3 Å². The monoisotopic (exact) mass is 414 g/mol. The minimum atomic E-state index is 0.118. The molecule has 1 aliphatic heterocycles. The lowest BCUT2D eigenvalue weighted by Crippen LogP contribution is -2.48. The van der Waals surface area contributed by atoms with Crippen LogP contribution in [0.5, 0.6) is 0 Å². The average Bonchev–Trinajstić information content (AvgIpc) is 3.32. The molecule has 3 heterocycles. The molecular weight excluding hydrogens is 392 g/mol. The van der Waals surface area contributed by atoms with Crippen molar-refractivity contribution >= 4 is 29.5 Å². The third-order valence-corrected chi connectivity index (χ3v) is 6.06. The van der Waals surface area contributed by atoms with E-state index in [0.717, 1.165) is 34.8 Å². The molecule has 9 heteroatoms. The first kappa shape index (κ1) is 19.0. The van der Waals surface area contributed by atoms with Crippen LogP contribution in [0.25, 0.3) is 5.69 Å². The molecule has 146 valence electrons. The molecule has 0 saturated carbocycles. The van der Waals surface area contributed by atoms with Gasteiger partial charge >= 0.3 is 0 Å². The Labute approximate surface area is 172 Å². The Morgan fingerprint density at radius 1 is 1.11 bits per heavy atom. The second kappa shape index (κ2) is 7.94. The Bertz CT molecular complexity index is 1010. The molecule has 0 N–H and O–H groups in total. The van der Waals surface area contributed by atoms with Gasteiger partial charge in [0.2, 0.25) is 4.77 Å². The third-order valence-electron chi connectivity index (χ3n) is 4.82. The summed E-state index contributed by atoms with van der Waals surface area (Å²) in [6.07, 6.45) is 0. The van der Waals surface area contributed by atoms with Gasteiger partial charge in [0.05, 0.1) is 17.2 Å². The number of piperazine rings is 1. The number of nitrogens with zero attached hydrogens (tertiary/aromatic N) is 6. The fraction of sp³-hybridized carbons (Fsp3) is 0.368. The molecular formula is C19H22N6OS2. The number of thiophene rings is 1. The quantitative estimate of drug-likeness (QED) is 0.615. The molecule has 0 radical (unpaired) electrons. The smallest absolute Gasteiger partial charge is 0.264 e. The highest BCUT2D eigenvalue weighted by molar-refractivity contribution is 7.71. The Kier molecular flexibility index (Phi) is 5.38. The largest absolute Gasteiger partial charge is 0.335 e. The van der Waals surface area contributed by atoms with Gasteiger partial charge in [-0.3, -0.25) is 9.69 Å². The molecule has 1 aromatic carbocycles. The van der Waals surface area contributed by atoms with E-state index < -0.39 is 0 Å². The van der Waals surface area contributed by atoms with Gasteiger partial charge < -0.3 is 4.90 Å². The summed E-state index contributed by atoms with van der Waals surface area (Å²) in [5.41, 5.74) is 3.26. The van der Waals surface area contributed by atoms with Crippen LogP contribution >= 0.6 is 23.6 Å². The highest BCUT2D eigenvalue weighted by Crippen LogP contribution is 2.15. The van der Waals surface area contributed by atoms with Crippen molar-refractivity contribution in [2.75, 3.05) is 26.2 Å². The molecule has 0 spiro atoms. The lowest BCUT2D eigenvalue weighted by molar-refractivity contribution is 0.0588. The number of carbonyl (C=O) groups excluding carboxylic acids is 1. The molecule has 0 atom stereocenters. The van der Waals surface area contributed by atoms with E-state index in [9.17, 15) is 4.79 Å². The fourth-order valence-corrected chi connectivity index (χ4v) is 4.36. The van der Waals surface area contributed by atoms with Crippen molar-refractivity contribution in [1.29, 1.82) is 0 Å². The van der Waals surface area contributed by atoms with Crippen LogP contribution in [0, 0.1) is 18.6 Å². The number of aryl methyl sites for hydroxylation is 2. The maximum atomic E-state index is 12.5. The summed E-state index contributed by atoms with van der Waals surface area (Å²) >= 11 is 7.08. The van der Waals surface area contributed by atoms with Crippen molar-refractivity contribution in [1.82, 2.24) is 29.6 Å². The minimum absolute atomic E-state index is 0.118. The van der Waals surface area contributed by atoms with Crippen LogP contribution in [-0.2, 0) is 6.67 Å². The Hall–Kier alpha value is -2.36. The van der Waals surface area contributed by atoms with Crippen molar-refractivity contribution in [3.8, 4) is 5.69 Å². The topological polar surface area (TPSA) is 59.2 Å². The number of hydrogen-bond acceptors (Lipinski definition) is 6. The van der Waals surface area contributed by atoms with Gasteiger partial charge in [0.15, 0.2) is 0 Å². The standard InChI is InChI=1S/C19H22N6OS2/c1-14-10-15(2)12-16(11-14)25-19(27)24(20-21-25)13-22-5-7-23(8-6-22)18(26)17-4-3-9-28-17/h3-4,9-12H,5-8,13H2,1-2H3. The number of carbonyl (C=O) groups is 1. The minimum Gasteiger partial charge on any atom is -0.335 e. The molecule has 2 aromatic heterocycles.